The minimum Gasteiger partial charge on any atom is -0.496 e. The van der Waals surface area contributed by atoms with E-state index in [1.807, 2.05) is 13.0 Å². The van der Waals surface area contributed by atoms with Crippen LogP contribution in [0.3, 0.4) is 0 Å². The van der Waals surface area contributed by atoms with Crippen LogP contribution < -0.4 is 4.74 Å². The highest BCUT2D eigenvalue weighted by atomic mass is 79.9. The summed E-state index contributed by atoms with van der Waals surface area (Å²) in [5, 5.41) is 8.09. The molecule has 0 unspecified atom stereocenters. The number of fused-ring (bicyclic) bond motifs is 1. The smallest absolute Gasteiger partial charge is 0.155 e. The lowest BCUT2D eigenvalue weighted by molar-refractivity contribution is 0.407. The van der Waals surface area contributed by atoms with Gasteiger partial charge in [0.05, 0.1) is 17.8 Å². The normalized spacial score (nSPS) is 12.6. The number of pyridine rings is 1. The molecule has 0 aliphatic heterocycles. The van der Waals surface area contributed by atoms with Gasteiger partial charge in [0.25, 0.3) is 0 Å². The Hall–Kier alpha value is -1.66. The molecule has 0 saturated carbocycles. The summed E-state index contributed by atoms with van der Waals surface area (Å²) in [5.41, 5.74) is 1.96. The third-order valence-corrected chi connectivity index (χ3v) is 4.39. The van der Waals surface area contributed by atoms with Crippen LogP contribution >= 0.6 is 27.5 Å². The van der Waals surface area contributed by atoms with Gasteiger partial charge in [-0.15, -0.1) is 0 Å². The zero-order valence-electron chi connectivity index (χ0n) is 11.8. The second-order valence-electron chi connectivity index (χ2n) is 4.86. The van der Waals surface area contributed by atoms with E-state index in [9.17, 15) is 4.39 Å². The van der Waals surface area contributed by atoms with Crippen molar-refractivity contribution in [1.82, 2.24) is 15.2 Å². The predicted molar refractivity (Wildman–Crippen MR) is 87.1 cm³/mol. The molecule has 7 heteroatoms. The third kappa shape index (κ3) is 2.46. The van der Waals surface area contributed by atoms with E-state index in [1.165, 1.54) is 13.2 Å². The first kappa shape index (κ1) is 15.2. The monoisotopic (exact) mass is 383 g/mol. The summed E-state index contributed by atoms with van der Waals surface area (Å²) >= 11 is 9.55. The van der Waals surface area contributed by atoms with Crippen LogP contribution in [0.1, 0.15) is 24.1 Å². The molecule has 3 rings (SSSR count). The molecule has 2 aromatic heterocycles. The number of H-pyrrole nitrogens is 1. The number of aromatic nitrogens is 3. The Balaban J connectivity index is 2.20. The highest BCUT2D eigenvalue weighted by Gasteiger charge is 2.24. The van der Waals surface area contributed by atoms with E-state index in [4.69, 9.17) is 16.3 Å². The number of nitrogens with zero attached hydrogens (tertiary/aromatic N) is 2. The number of ether oxygens (including phenoxy) is 1. The molecule has 0 radical (unpaired) electrons. The SMILES string of the molecule is COc1ccc(F)c(Cl)c1[C@@H](C)c1n[nH]c2ncc(Br)cc12. The van der Waals surface area contributed by atoms with Crippen LogP contribution in [0, 0.1) is 5.82 Å². The lowest BCUT2D eigenvalue weighted by atomic mass is 9.95. The zero-order chi connectivity index (χ0) is 15.9. The van der Waals surface area contributed by atoms with Crippen molar-refractivity contribution in [3.8, 4) is 5.75 Å². The first-order valence-corrected chi connectivity index (χ1v) is 7.71. The van der Waals surface area contributed by atoms with Crippen LogP contribution in [-0.2, 0) is 0 Å². The number of nitrogens with one attached hydrogen (secondary N) is 1. The van der Waals surface area contributed by atoms with E-state index in [0.29, 0.717) is 17.0 Å². The molecule has 1 N–H and O–H groups in total. The van der Waals surface area contributed by atoms with Crippen LogP contribution in [0.15, 0.2) is 28.9 Å². The number of hydrogen-bond acceptors (Lipinski definition) is 3. The summed E-state index contributed by atoms with van der Waals surface area (Å²) in [4.78, 5) is 4.26. The first-order chi connectivity index (χ1) is 10.5. The van der Waals surface area contributed by atoms with Gasteiger partial charge in [-0.2, -0.15) is 5.10 Å². The molecule has 2 heterocycles. The van der Waals surface area contributed by atoms with Crippen molar-refractivity contribution in [2.45, 2.75) is 12.8 Å². The van der Waals surface area contributed by atoms with Crippen LogP contribution in [-0.4, -0.2) is 22.3 Å². The van der Waals surface area contributed by atoms with Gasteiger partial charge in [-0.3, -0.25) is 5.10 Å². The van der Waals surface area contributed by atoms with E-state index in [0.717, 1.165) is 15.6 Å². The van der Waals surface area contributed by atoms with Crippen molar-refractivity contribution < 1.29 is 9.13 Å². The fraction of sp³-hybridized carbons (Fsp3) is 0.200. The van der Waals surface area contributed by atoms with Crippen LogP contribution in [0.25, 0.3) is 11.0 Å². The van der Waals surface area contributed by atoms with Gasteiger partial charge >= 0.3 is 0 Å². The molecule has 3 aromatic rings. The Morgan fingerprint density at radius 1 is 1.41 bits per heavy atom. The number of methoxy groups -OCH3 is 1. The van der Waals surface area contributed by atoms with Crippen molar-refractivity contribution in [3.05, 3.63) is 51.0 Å². The van der Waals surface area contributed by atoms with Crippen LogP contribution in [0.4, 0.5) is 4.39 Å². The molecule has 1 aromatic carbocycles. The molecule has 0 aliphatic carbocycles. The fourth-order valence-corrected chi connectivity index (χ4v) is 3.14. The molecule has 0 aliphatic rings. The van der Waals surface area contributed by atoms with Gasteiger partial charge in [0.2, 0.25) is 0 Å². The van der Waals surface area contributed by atoms with Gasteiger partial charge in [-0.1, -0.05) is 18.5 Å². The topological polar surface area (TPSA) is 50.8 Å². The first-order valence-electron chi connectivity index (χ1n) is 6.54. The Bertz CT molecular complexity index is 852. The number of halogens is 3. The maximum Gasteiger partial charge on any atom is 0.155 e. The summed E-state index contributed by atoms with van der Waals surface area (Å²) < 4.78 is 20.0. The summed E-state index contributed by atoms with van der Waals surface area (Å²) in [6, 6.07) is 4.77. The maximum absolute atomic E-state index is 13.8. The largest absolute Gasteiger partial charge is 0.496 e. The highest BCUT2D eigenvalue weighted by Crippen LogP contribution is 2.39. The van der Waals surface area contributed by atoms with Crippen molar-refractivity contribution in [1.29, 1.82) is 0 Å². The van der Waals surface area contributed by atoms with E-state index in [1.54, 1.807) is 12.3 Å². The fourth-order valence-electron chi connectivity index (χ4n) is 2.49. The molecule has 22 heavy (non-hydrogen) atoms. The Morgan fingerprint density at radius 3 is 2.91 bits per heavy atom. The lowest BCUT2D eigenvalue weighted by Gasteiger charge is -2.16. The lowest BCUT2D eigenvalue weighted by Crippen LogP contribution is -2.03. The number of aromatic amines is 1. The van der Waals surface area contributed by atoms with E-state index in [2.05, 4.69) is 31.1 Å². The Labute approximate surface area is 139 Å². The Morgan fingerprint density at radius 2 is 2.18 bits per heavy atom. The van der Waals surface area contributed by atoms with Crippen LogP contribution in [0.5, 0.6) is 5.75 Å². The van der Waals surface area contributed by atoms with E-state index >= 15 is 0 Å². The average Bonchev–Trinajstić information content (AvgIpc) is 2.92. The Kier molecular flexibility index (Phi) is 4.06. The van der Waals surface area contributed by atoms with Gasteiger partial charge < -0.3 is 4.74 Å². The zero-order valence-corrected chi connectivity index (χ0v) is 14.2. The van der Waals surface area contributed by atoms with Gasteiger partial charge in [-0.25, -0.2) is 9.37 Å². The van der Waals surface area contributed by atoms with Crippen LogP contribution in [0.2, 0.25) is 5.02 Å². The van der Waals surface area contributed by atoms with Crippen molar-refractivity contribution >= 4 is 38.6 Å². The highest BCUT2D eigenvalue weighted by molar-refractivity contribution is 9.10. The molecule has 0 fully saturated rings. The molecular formula is C15H12BrClFN3O. The van der Waals surface area contributed by atoms with Gasteiger partial charge in [0.1, 0.15) is 11.6 Å². The molecule has 0 saturated heterocycles. The van der Waals surface area contributed by atoms with Gasteiger partial charge in [0, 0.05) is 27.5 Å². The maximum atomic E-state index is 13.8. The predicted octanol–water partition coefficient (Wildman–Crippen LogP) is 4.67. The molecule has 4 nitrogen and oxygen atoms in total. The number of benzene rings is 1. The van der Waals surface area contributed by atoms with Crippen molar-refractivity contribution in [2.24, 2.45) is 0 Å². The molecule has 1 atom stereocenters. The number of hydrogen-bond donors (Lipinski definition) is 1. The van der Waals surface area contributed by atoms with Gasteiger partial charge in [-0.05, 0) is 34.1 Å². The minimum absolute atomic E-state index is 0.0472. The molecule has 0 spiro atoms. The second kappa shape index (κ2) is 5.85. The average molecular weight is 385 g/mol. The summed E-state index contributed by atoms with van der Waals surface area (Å²) in [6.07, 6.45) is 1.69. The van der Waals surface area contributed by atoms with Crippen molar-refractivity contribution in [3.63, 3.8) is 0 Å². The second-order valence-corrected chi connectivity index (χ2v) is 6.15. The van der Waals surface area contributed by atoms with E-state index < -0.39 is 5.82 Å². The summed E-state index contributed by atoms with van der Waals surface area (Å²) in [5.74, 6) is -0.218. The molecule has 0 bridgehead atoms. The minimum atomic E-state index is -0.483. The summed E-state index contributed by atoms with van der Waals surface area (Å²) in [6.45, 7) is 1.90. The molecule has 114 valence electrons. The quantitative estimate of drug-likeness (QED) is 0.714. The number of rotatable bonds is 3. The third-order valence-electron chi connectivity index (χ3n) is 3.57. The standard InChI is InChI=1S/C15H12BrClFN3O/c1-7(12-11(22-2)4-3-10(18)13(12)17)14-9-5-8(16)6-19-15(9)21-20-14/h3-7H,1-2H3,(H,19,20,21)/t7-/m1/s1. The van der Waals surface area contributed by atoms with Gasteiger partial charge in [0.15, 0.2) is 5.65 Å². The van der Waals surface area contributed by atoms with E-state index in [-0.39, 0.29) is 10.9 Å². The summed E-state index contributed by atoms with van der Waals surface area (Å²) in [7, 11) is 1.53. The molecular weight excluding hydrogens is 373 g/mol. The molecule has 0 amide bonds. The van der Waals surface area contributed by atoms with Crippen molar-refractivity contribution in [2.75, 3.05) is 7.11 Å².